The molecule has 2 heteroatoms. The van der Waals surface area contributed by atoms with Gasteiger partial charge in [-0.05, 0) is 49.9 Å². The molecule has 88 valence electrons. The highest BCUT2D eigenvalue weighted by Crippen LogP contribution is 2.28. The Kier molecular flexibility index (Phi) is 3.59. The molecule has 0 aliphatic carbocycles. The predicted molar refractivity (Wildman–Crippen MR) is 65.0 cm³/mol. The minimum atomic E-state index is -0.123. The second-order valence-corrected chi connectivity index (χ2v) is 4.87. The van der Waals surface area contributed by atoms with Crippen molar-refractivity contribution in [2.75, 3.05) is 6.54 Å². The van der Waals surface area contributed by atoms with Gasteiger partial charge in [-0.1, -0.05) is 25.5 Å². The van der Waals surface area contributed by atoms with Gasteiger partial charge in [0, 0.05) is 5.54 Å². The van der Waals surface area contributed by atoms with Crippen molar-refractivity contribution in [2.24, 2.45) is 0 Å². The maximum absolute atomic E-state index is 13.1. The maximum atomic E-state index is 13.1. The van der Waals surface area contributed by atoms with Crippen LogP contribution in [0.4, 0.5) is 4.39 Å². The van der Waals surface area contributed by atoms with E-state index < -0.39 is 0 Å². The fourth-order valence-electron chi connectivity index (χ4n) is 2.84. The van der Waals surface area contributed by atoms with E-state index in [9.17, 15) is 4.39 Å². The molecule has 1 aliphatic heterocycles. The summed E-state index contributed by atoms with van der Waals surface area (Å²) in [5.41, 5.74) is 1.34. The van der Waals surface area contributed by atoms with E-state index in [-0.39, 0.29) is 11.4 Å². The minimum absolute atomic E-state index is 0.123. The molecule has 1 aromatic rings. The summed E-state index contributed by atoms with van der Waals surface area (Å²) in [5.74, 6) is -0.123. The Hall–Kier alpha value is -0.890. The van der Waals surface area contributed by atoms with Gasteiger partial charge < -0.3 is 5.32 Å². The van der Waals surface area contributed by atoms with Gasteiger partial charge in [-0.3, -0.25) is 0 Å². The lowest BCUT2D eigenvalue weighted by Crippen LogP contribution is -2.41. The third-order valence-corrected chi connectivity index (χ3v) is 3.49. The summed E-state index contributed by atoms with van der Waals surface area (Å²) in [7, 11) is 0. The van der Waals surface area contributed by atoms with Crippen LogP contribution in [0.5, 0.6) is 0 Å². The Balaban J connectivity index is 2.11. The highest BCUT2D eigenvalue weighted by molar-refractivity contribution is 5.19. The lowest BCUT2D eigenvalue weighted by molar-refractivity contribution is 0.341. The standard InChI is InChI=1S/C14H20FN/c1-2-7-14(8-4-9-16-14)11-12-5-3-6-13(15)10-12/h3,5-6,10,16H,2,4,7-9,11H2,1H3. The number of halogens is 1. The van der Waals surface area contributed by atoms with Gasteiger partial charge in [0.2, 0.25) is 0 Å². The molecule has 16 heavy (non-hydrogen) atoms. The van der Waals surface area contributed by atoms with Crippen molar-refractivity contribution in [3.63, 3.8) is 0 Å². The van der Waals surface area contributed by atoms with E-state index in [2.05, 4.69) is 12.2 Å². The summed E-state index contributed by atoms with van der Waals surface area (Å²) in [6, 6.07) is 7.01. The first-order valence-corrected chi connectivity index (χ1v) is 6.24. The minimum Gasteiger partial charge on any atom is -0.311 e. The zero-order valence-electron chi connectivity index (χ0n) is 9.93. The fraction of sp³-hybridized carbons (Fsp3) is 0.571. The van der Waals surface area contributed by atoms with Gasteiger partial charge in [0.15, 0.2) is 0 Å². The van der Waals surface area contributed by atoms with E-state index in [1.165, 1.54) is 31.7 Å². The van der Waals surface area contributed by atoms with Crippen molar-refractivity contribution in [2.45, 2.75) is 44.6 Å². The van der Waals surface area contributed by atoms with Crippen LogP contribution in [-0.2, 0) is 6.42 Å². The third-order valence-electron chi connectivity index (χ3n) is 3.49. The molecule has 2 rings (SSSR count). The molecule has 1 fully saturated rings. The van der Waals surface area contributed by atoms with Crippen LogP contribution in [0.2, 0.25) is 0 Å². The molecular formula is C14H20FN. The zero-order valence-corrected chi connectivity index (χ0v) is 9.93. The molecule has 1 nitrogen and oxygen atoms in total. The zero-order chi connectivity index (χ0) is 11.4. The Morgan fingerprint density at radius 2 is 2.31 bits per heavy atom. The van der Waals surface area contributed by atoms with Gasteiger partial charge in [-0.15, -0.1) is 0 Å². The van der Waals surface area contributed by atoms with Crippen molar-refractivity contribution >= 4 is 0 Å². The van der Waals surface area contributed by atoms with E-state index in [4.69, 9.17) is 0 Å². The second kappa shape index (κ2) is 4.96. The topological polar surface area (TPSA) is 12.0 Å². The van der Waals surface area contributed by atoms with E-state index in [1.54, 1.807) is 12.1 Å². The van der Waals surface area contributed by atoms with Gasteiger partial charge in [-0.25, -0.2) is 4.39 Å². The summed E-state index contributed by atoms with van der Waals surface area (Å²) in [5, 5.41) is 3.62. The number of hydrogen-bond acceptors (Lipinski definition) is 1. The van der Waals surface area contributed by atoms with E-state index >= 15 is 0 Å². The van der Waals surface area contributed by atoms with Crippen LogP contribution in [0.3, 0.4) is 0 Å². The molecule has 0 spiro atoms. The molecule has 1 atom stereocenters. The fourth-order valence-corrected chi connectivity index (χ4v) is 2.84. The summed E-state index contributed by atoms with van der Waals surface area (Å²) in [4.78, 5) is 0. The molecule has 1 N–H and O–H groups in total. The SMILES string of the molecule is CCCC1(Cc2cccc(F)c2)CCCN1. The van der Waals surface area contributed by atoms with E-state index in [0.29, 0.717) is 0 Å². The summed E-state index contributed by atoms with van der Waals surface area (Å²) in [6.07, 6.45) is 5.79. The highest BCUT2D eigenvalue weighted by atomic mass is 19.1. The lowest BCUT2D eigenvalue weighted by Gasteiger charge is -2.29. The van der Waals surface area contributed by atoms with Gasteiger partial charge in [0.25, 0.3) is 0 Å². The molecule has 1 aromatic carbocycles. The molecule has 0 amide bonds. The molecule has 1 aliphatic rings. The monoisotopic (exact) mass is 221 g/mol. The number of nitrogens with one attached hydrogen (secondary N) is 1. The Bertz CT molecular complexity index is 342. The van der Waals surface area contributed by atoms with E-state index in [0.717, 1.165) is 18.5 Å². The molecule has 0 radical (unpaired) electrons. The third kappa shape index (κ3) is 2.62. The predicted octanol–water partition coefficient (Wildman–Crippen LogP) is 3.29. The first-order valence-electron chi connectivity index (χ1n) is 6.24. The Morgan fingerprint density at radius 1 is 1.44 bits per heavy atom. The van der Waals surface area contributed by atoms with E-state index in [1.807, 2.05) is 6.07 Å². The van der Waals surface area contributed by atoms with Crippen LogP contribution in [0.15, 0.2) is 24.3 Å². The van der Waals surface area contributed by atoms with Crippen LogP contribution in [-0.4, -0.2) is 12.1 Å². The van der Waals surface area contributed by atoms with Crippen LogP contribution >= 0.6 is 0 Å². The number of benzene rings is 1. The smallest absolute Gasteiger partial charge is 0.123 e. The van der Waals surface area contributed by atoms with Gasteiger partial charge in [0.1, 0.15) is 5.82 Å². The molecule has 1 saturated heterocycles. The Morgan fingerprint density at radius 3 is 2.94 bits per heavy atom. The first-order chi connectivity index (χ1) is 7.74. The van der Waals surface area contributed by atoms with Crippen molar-refractivity contribution in [3.8, 4) is 0 Å². The molecule has 0 aromatic heterocycles. The first kappa shape index (κ1) is 11.6. The molecule has 1 unspecified atom stereocenters. The number of hydrogen-bond donors (Lipinski definition) is 1. The Labute approximate surface area is 97.1 Å². The average Bonchev–Trinajstić information content (AvgIpc) is 2.67. The molecule has 1 heterocycles. The van der Waals surface area contributed by atoms with Crippen LogP contribution in [0.1, 0.15) is 38.2 Å². The van der Waals surface area contributed by atoms with Gasteiger partial charge in [-0.2, -0.15) is 0 Å². The maximum Gasteiger partial charge on any atom is 0.123 e. The summed E-state index contributed by atoms with van der Waals surface area (Å²) < 4.78 is 13.1. The normalized spacial score (nSPS) is 24.9. The van der Waals surface area contributed by atoms with Gasteiger partial charge >= 0.3 is 0 Å². The van der Waals surface area contributed by atoms with Crippen molar-refractivity contribution in [1.82, 2.24) is 5.32 Å². The lowest BCUT2D eigenvalue weighted by atomic mass is 9.85. The summed E-state index contributed by atoms with van der Waals surface area (Å²) >= 11 is 0. The van der Waals surface area contributed by atoms with Crippen molar-refractivity contribution < 1.29 is 4.39 Å². The van der Waals surface area contributed by atoms with Crippen LogP contribution in [0.25, 0.3) is 0 Å². The second-order valence-electron chi connectivity index (χ2n) is 4.87. The largest absolute Gasteiger partial charge is 0.311 e. The van der Waals surface area contributed by atoms with Gasteiger partial charge in [0.05, 0.1) is 0 Å². The van der Waals surface area contributed by atoms with Crippen molar-refractivity contribution in [3.05, 3.63) is 35.6 Å². The van der Waals surface area contributed by atoms with Crippen molar-refractivity contribution in [1.29, 1.82) is 0 Å². The molecular weight excluding hydrogens is 201 g/mol. The van der Waals surface area contributed by atoms with Crippen LogP contribution < -0.4 is 5.32 Å². The highest BCUT2D eigenvalue weighted by Gasteiger charge is 2.32. The average molecular weight is 221 g/mol. The quantitative estimate of drug-likeness (QED) is 0.822. The van der Waals surface area contributed by atoms with Crippen LogP contribution in [0, 0.1) is 5.82 Å². The molecule has 0 saturated carbocycles. The summed E-state index contributed by atoms with van der Waals surface area (Å²) in [6.45, 7) is 3.32. The molecule has 0 bridgehead atoms. The number of rotatable bonds is 4.